The standard InChI is InChI=1S/C11H18O.2C2H6/c1-9-8-12-11(10(9)2)6-4-3-5-7-11;2*1-2/h3-8H2,1-2H3;2*1-2H3. The molecule has 0 radical (unpaired) electrons. The van der Waals surface area contributed by atoms with Crippen LogP contribution in [0.25, 0.3) is 0 Å². The Kier molecular flexibility index (Phi) is 7.74. The van der Waals surface area contributed by atoms with Gasteiger partial charge in [0.15, 0.2) is 0 Å². The zero-order chi connectivity index (χ0) is 12.6. The van der Waals surface area contributed by atoms with E-state index in [2.05, 4.69) is 13.8 Å². The molecule has 0 amide bonds. The largest absolute Gasteiger partial charge is 0.366 e. The molecule has 1 aliphatic heterocycles. The summed E-state index contributed by atoms with van der Waals surface area (Å²) in [4.78, 5) is 0. The van der Waals surface area contributed by atoms with Crippen LogP contribution in [0.1, 0.15) is 73.6 Å². The van der Waals surface area contributed by atoms with Gasteiger partial charge in [-0.3, -0.25) is 0 Å². The lowest BCUT2D eigenvalue weighted by Gasteiger charge is -2.34. The second kappa shape index (κ2) is 7.89. The zero-order valence-electron chi connectivity index (χ0n) is 12.2. The molecular weight excluding hydrogens is 196 g/mol. The molecule has 1 saturated carbocycles. The fourth-order valence-corrected chi connectivity index (χ4v) is 2.49. The maximum atomic E-state index is 5.93. The predicted octanol–water partition coefficient (Wildman–Crippen LogP) is 5.11. The summed E-state index contributed by atoms with van der Waals surface area (Å²) in [7, 11) is 0. The Hall–Kier alpha value is -0.300. The first-order valence-corrected chi connectivity index (χ1v) is 7.05. The molecule has 96 valence electrons. The van der Waals surface area contributed by atoms with Crippen LogP contribution in [0.2, 0.25) is 0 Å². The molecule has 0 atom stereocenters. The van der Waals surface area contributed by atoms with Crippen molar-refractivity contribution in [1.29, 1.82) is 0 Å². The van der Waals surface area contributed by atoms with Gasteiger partial charge >= 0.3 is 0 Å². The van der Waals surface area contributed by atoms with Crippen LogP contribution in [0.5, 0.6) is 0 Å². The average Bonchev–Trinajstić information content (AvgIpc) is 2.65. The molecule has 0 saturated heterocycles. The third kappa shape index (κ3) is 3.35. The Morgan fingerprint density at radius 1 is 0.875 bits per heavy atom. The van der Waals surface area contributed by atoms with Crippen molar-refractivity contribution in [2.75, 3.05) is 6.61 Å². The molecule has 2 rings (SSSR count). The molecule has 1 nitrogen and oxygen atoms in total. The first kappa shape index (κ1) is 15.7. The van der Waals surface area contributed by atoms with Gasteiger partial charge in [0.2, 0.25) is 0 Å². The van der Waals surface area contributed by atoms with E-state index >= 15 is 0 Å². The van der Waals surface area contributed by atoms with Gasteiger partial charge in [0.05, 0.1) is 12.2 Å². The average molecular weight is 226 g/mol. The Morgan fingerprint density at radius 3 is 1.75 bits per heavy atom. The second-order valence-electron chi connectivity index (χ2n) is 4.25. The van der Waals surface area contributed by atoms with E-state index in [4.69, 9.17) is 4.74 Å². The van der Waals surface area contributed by atoms with Crippen molar-refractivity contribution in [3.8, 4) is 0 Å². The fraction of sp³-hybridized carbons (Fsp3) is 0.867. The molecule has 1 heteroatoms. The van der Waals surface area contributed by atoms with E-state index in [1.807, 2.05) is 27.7 Å². The number of rotatable bonds is 0. The Morgan fingerprint density at radius 2 is 1.38 bits per heavy atom. The topological polar surface area (TPSA) is 9.23 Å². The van der Waals surface area contributed by atoms with Gasteiger partial charge in [-0.15, -0.1) is 0 Å². The molecule has 16 heavy (non-hydrogen) atoms. The lowest BCUT2D eigenvalue weighted by molar-refractivity contribution is -0.0110. The van der Waals surface area contributed by atoms with Gasteiger partial charge in [0.25, 0.3) is 0 Å². The summed E-state index contributed by atoms with van der Waals surface area (Å²) in [6, 6.07) is 0. The summed E-state index contributed by atoms with van der Waals surface area (Å²) in [6.07, 6.45) is 6.62. The van der Waals surface area contributed by atoms with E-state index in [1.54, 1.807) is 0 Å². The quantitative estimate of drug-likeness (QED) is 0.522. The highest BCUT2D eigenvalue weighted by Crippen LogP contribution is 2.42. The van der Waals surface area contributed by atoms with Gasteiger partial charge < -0.3 is 4.74 Å². The van der Waals surface area contributed by atoms with Crippen molar-refractivity contribution in [1.82, 2.24) is 0 Å². The van der Waals surface area contributed by atoms with Crippen LogP contribution in [0.3, 0.4) is 0 Å². The maximum Gasteiger partial charge on any atom is 0.0896 e. The summed E-state index contributed by atoms with van der Waals surface area (Å²) in [5, 5.41) is 0. The van der Waals surface area contributed by atoms with Crippen molar-refractivity contribution in [2.45, 2.75) is 79.2 Å². The monoisotopic (exact) mass is 226 g/mol. The first-order chi connectivity index (χ1) is 7.75. The number of ether oxygens (including phenoxy) is 1. The summed E-state index contributed by atoms with van der Waals surface area (Å²) in [5.41, 5.74) is 3.18. The zero-order valence-corrected chi connectivity index (χ0v) is 12.2. The third-order valence-electron chi connectivity index (χ3n) is 3.55. The molecule has 1 spiro atoms. The van der Waals surface area contributed by atoms with Crippen LogP contribution >= 0.6 is 0 Å². The minimum absolute atomic E-state index is 0.183. The van der Waals surface area contributed by atoms with Crippen LogP contribution in [-0.4, -0.2) is 12.2 Å². The SMILES string of the molecule is CC.CC.CC1=C(C)C2(CCCCC2)OC1. The molecule has 1 fully saturated rings. The predicted molar refractivity (Wildman–Crippen MR) is 72.8 cm³/mol. The van der Waals surface area contributed by atoms with Crippen molar-refractivity contribution in [3.05, 3.63) is 11.1 Å². The highest BCUT2D eigenvalue weighted by molar-refractivity contribution is 5.26. The molecule has 1 heterocycles. The van der Waals surface area contributed by atoms with Gasteiger partial charge in [0.1, 0.15) is 0 Å². The van der Waals surface area contributed by atoms with Crippen LogP contribution < -0.4 is 0 Å². The molecular formula is C15H30O. The molecule has 1 aliphatic carbocycles. The smallest absolute Gasteiger partial charge is 0.0896 e. The molecule has 0 aromatic rings. The van der Waals surface area contributed by atoms with E-state index in [0.29, 0.717) is 0 Å². The van der Waals surface area contributed by atoms with Crippen LogP contribution in [0.4, 0.5) is 0 Å². The highest BCUT2D eigenvalue weighted by Gasteiger charge is 2.39. The van der Waals surface area contributed by atoms with Gasteiger partial charge in [0, 0.05) is 0 Å². The Bertz CT molecular complexity index is 209. The van der Waals surface area contributed by atoms with Gasteiger partial charge in [-0.2, -0.15) is 0 Å². The van der Waals surface area contributed by atoms with Gasteiger partial charge in [-0.1, -0.05) is 47.0 Å². The van der Waals surface area contributed by atoms with Crippen molar-refractivity contribution in [2.24, 2.45) is 0 Å². The van der Waals surface area contributed by atoms with E-state index < -0.39 is 0 Å². The van der Waals surface area contributed by atoms with Gasteiger partial charge in [-0.05, 0) is 37.8 Å². The van der Waals surface area contributed by atoms with E-state index in [1.165, 1.54) is 43.3 Å². The van der Waals surface area contributed by atoms with Crippen LogP contribution in [0.15, 0.2) is 11.1 Å². The summed E-state index contributed by atoms with van der Waals surface area (Å²) >= 11 is 0. The highest BCUT2D eigenvalue weighted by atomic mass is 16.5. The third-order valence-corrected chi connectivity index (χ3v) is 3.55. The molecule has 0 bridgehead atoms. The maximum absolute atomic E-state index is 5.93. The number of hydrogen-bond donors (Lipinski definition) is 0. The normalized spacial score (nSPS) is 22.1. The minimum Gasteiger partial charge on any atom is -0.366 e. The lowest BCUT2D eigenvalue weighted by atomic mass is 9.80. The molecule has 0 aromatic heterocycles. The Labute approximate surface area is 102 Å². The fourth-order valence-electron chi connectivity index (χ4n) is 2.49. The lowest BCUT2D eigenvalue weighted by Crippen LogP contribution is -2.32. The summed E-state index contributed by atoms with van der Waals surface area (Å²) < 4.78 is 5.93. The van der Waals surface area contributed by atoms with E-state index in [-0.39, 0.29) is 5.60 Å². The second-order valence-corrected chi connectivity index (χ2v) is 4.25. The van der Waals surface area contributed by atoms with Gasteiger partial charge in [-0.25, -0.2) is 0 Å². The van der Waals surface area contributed by atoms with E-state index in [0.717, 1.165) is 6.61 Å². The molecule has 0 aromatic carbocycles. The van der Waals surface area contributed by atoms with Crippen LogP contribution in [-0.2, 0) is 4.74 Å². The van der Waals surface area contributed by atoms with E-state index in [9.17, 15) is 0 Å². The molecule has 2 aliphatic rings. The van der Waals surface area contributed by atoms with Crippen molar-refractivity contribution < 1.29 is 4.74 Å². The minimum atomic E-state index is 0.183. The Balaban J connectivity index is 0.000000509. The summed E-state index contributed by atoms with van der Waals surface area (Å²) in [6.45, 7) is 13.3. The molecule has 0 N–H and O–H groups in total. The summed E-state index contributed by atoms with van der Waals surface area (Å²) in [5.74, 6) is 0. The first-order valence-electron chi connectivity index (χ1n) is 7.05. The van der Waals surface area contributed by atoms with Crippen LogP contribution in [0, 0.1) is 0 Å². The number of hydrogen-bond acceptors (Lipinski definition) is 1. The van der Waals surface area contributed by atoms with Crippen molar-refractivity contribution >= 4 is 0 Å². The molecule has 0 unspecified atom stereocenters. The van der Waals surface area contributed by atoms with Crippen molar-refractivity contribution in [3.63, 3.8) is 0 Å².